The number of nitrogens with zero attached hydrogens (tertiary/aromatic N) is 2. The smallest absolute Gasteiger partial charge is 0.269 e. The van der Waals surface area contributed by atoms with Crippen LogP contribution in [-0.4, -0.2) is 34.9 Å². The first-order valence-electron chi connectivity index (χ1n) is 6.81. The summed E-state index contributed by atoms with van der Waals surface area (Å²) in [5, 5.41) is 5.36. The van der Waals surface area contributed by atoms with Crippen LogP contribution in [0.2, 0.25) is 0 Å². The first-order chi connectivity index (χ1) is 10.8. The summed E-state index contributed by atoms with van der Waals surface area (Å²) in [6, 6.07) is 8.76. The Labute approximate surface area is 128 Å². The monoisotopic (exact) mass is 296 g/mol. The number of hydrogen-bond acceptors (Lipinski definition) is 4. The summed E-state index contributed by atoms with van der Waals surface area (Å²) >= 11 is 0. The van der Waals surface area contributed by atoms with Crippen LogP contribution >= 0.6 is 0 Å². The third-order valence-corrected chi connectivity index (χ3v) is 2.72. The minimum atomic E-state index is -0.263. The van der Waals surface area contributed by atoms with Crippen molar-refractivity contribution in [1.29, 1.82) is 0 Å². The molecular weight excluding hydrogens is 280 g/mol. The fourth-order valence-corrected chi connectivity index (χ4v) is 1.65. The van der Waals surface area contributed by atoms with Crippen LogP contribution in [-0.2, 0) is 4.79 Å². The van der Waals surface area contributed by atoms with E-state index in [1.54, 1.807) is 48.9 Å². The summed E-state index contributed by atoms with van der Waals surface area (Å²) in [4.78, 5) is 31.2. The minimum absolute atomic E-state index is 0.226. The van der Waals surface area contributed by atoms with Gasteiger partial charge in [-0.15, -0.1) is 0 Å². The van der Waals surface area contributed by atoms with Gasteiger partial charge in [0, 0.05) is 37.8 Å². The SMILES string of the molecule is O=C(C=Cc1cccnc1)NCCNC(=O)c1ccccn1. The fraction of sp³-hybridized carbons (Fsp3) is 0.125. The summed E-state index contributed by atoms with van der Waals surface area (Å²) in [6.45, 7) is 0.677. The van der Waals surface area contributed by atoms with Crippen molar-refractivity contribution < 1.29 is 9.59 Å². The van der Waals surface area contributed by atoms with Crippen LogP contribution in [0.3, 0.4) is 0 Å². The molecule has 2 aromatic rings. The van der Waals surface area contributed by atoms with Crippen LogP contribution < -0.4 is 10.6 Å². The molecule has 2 amide bonds. The van der Waals surface area contributed by atoms with Gasteiger partial charge in [-0.2, -0.15) is 0 Å². The molecule has 2 N–H and O–H groups in total. The van der Waals surface area contributed by atoms with Crippen molar-refractivity contribution in [2.75, 3.05) is 13.1 Å². The molecule has 2 rings (SSSR count). The van der Waals surface area contributed by atoms with Gasteiger partial charge in [0.2, 0.25) is 5.91 Å². The van der Waals surface area contributed by atoms with E-state index in [0.29, 0.717) is 18.8 Å². The molecule has 0 spiro atoms. The van der Waals surface area contributed by atoms with Gasteiger partial charge in [0.1, 0.15) is 5.69 Å². The van der Waals surface area contributed by atoms with E-state index in [4.69, 9.17) is 0 Å². The van der Waals surface area contributed by atoms with E-state index in [2.05, 4.69) is 20.6 Å². The standard InChI is InChI=1S/C16H16N4O2/c21-15(7-6-13-4-3-8-17-12-13)19-10-11-20-16(22)14-5-1-2-9-18-14/h1-9,12H,10-11H2,(H,19,21)(H,20,22). The first-order valence-corrected chi connectivity index (χ1v) is 6.81. The Morgan fingerprint density at radius 2 is 1.91 bits per heavy atom. The van der Waals surface area contributed by atoms with Crippen LogP contribution in [0.1, 0.15) is 16.1 Å². The number of carbonyl (C=O) groups excluding carboxylic acids is 2. The Bertz CT molecular complexity index is 642. The Morgan fingerprint density at radius 3 is 2.64 bits per heavy atom. The summed E-state index contributed by atoms with van der Waals surface area (Å²) < 4.78 is 0. The van der Waals surface area contributed by atoms with Crippen LogP contribution in [0.25, 0.3) is 6.08 Å². The first kappa shape index (κ1) is 15.4. The normalized spacial score (nSPS) is 10.4. The molecule has 0 fully saturated rings. The fourth-order valence-electron chi connectivity index (χ4n) is 1.65. The van der Waals surface area contributed by atoms with Crippen molar-refractivity contribution in [1.82, 2.24) is 20.6 Å². The van der Waals surface area contributed by atoms with E-state index in [0.717, 1.165) is 5.56 Å². The van der Waals surface area contributed by atoms with Gasteiger partial charge in [-0.3, -0.25) is 19.6 Å². The second-order valence-corrected chi connectivity index (χ2v) is 4.38. The Hall–Kier alpha value is -3.02. The quantitative estimate of drug-likeness (QED) is 0.616. The molecular formula is C16H16N4O2. The van der Waals surface area contributed by atoms with Crippen LogP contribution in [0.4, 0.5) is 0 Å². The average molecular weight is 296 g/mol. The molecule has 0 saturated heterocycles. The van der Waals surface area contributed by atoms with Gasteiger partial charge in [0.05, 0.1) is 0 Å². The van der Waals surface area contributed by atoms with E-state index < -0.39 is 0 Å². The number of carbonyl (C=O) groups is 2. The molecule has 0 atom stereocenters. The second kappa shape index (κ2) is 8.31. The molecule has 6 nitrogen and oxygen atoms in total. The topological polar surface area (TPSA) is 84.0 Å². The summed E-state index contributed by atoms with van der Waals surface area (Å²) in [5.74, 6) is -0.489. The molecule has 0 aliphatic heterocycles. The van der Waals surface area contributed by atoms with Gasteiger partial charge >= 0.3 is 0 Å². The molecule has 0 aliphatic carbocycles. The van der Waals surface area contributed by atoms with Crippen LogP contribution in [0.15, 0.2) is 55.0 Å². The van der Waals surface area contributed by atoms with Crippen molar-refractivity contribution in [3.8, 4) is 0 Å². The molecule has 0 unspecified atom stereocenters. The lowest BCUT2D eigenvalue weighted by atomic mass is 10.2. The zero-order valence-electron chi connectivity index (χ0n) is 11.9. The molecule has 0 radical (unpaired) electrons. The molecule has 0 aliphatic rings. The van der Waals surface area contributed by atoms with Gasteiger partial charge in [-0.25, -0.2) is 0 Å². The molecule has 6 heteroatoms. The van der Waals surface area contributed by atoms with Crippen molar-refractivity contribution in [2.45, 2.75) is 0 Å². The summed E-state index contributed by atoms with van der Waals surface area (Å²) in [5.41, 5.74) is 1.20. The van der Waals surface area contributed by atoms with Crippen LogP contribution in [0, 0.1) is 0 Å². The third-order valence-electron chi connectivity index (χ3n) is 2.72. The zero-order valence-corrected chi connectivity index (χ0v) is 11.9. The molecule has 0 aromatic carbocycles. The van der Waals surface area contributed by atoms with E-state index in [1.807, 2.05) is 6.07 Å². The average Bonchev–Trinajstić information content (AvgIpc) is 2.58. The lowest BCUT2D eigenvalue weighted by Gasteiger charge is -2.05. The van der Waals surface area contributed by atoms with Crippen molar-refractivity contribution in [3.05, 3.63) is 66.3 Å². The number of pyridine rings is 2. The van der Waals surface area contributed by atoms with Crippen molar-refractivity contribution in [3.63, 3.8) is 0 Å². The molecule has 0 saturated carbocycles. The van der Waals surface area contributed by atoms with E-state index in [1.165, 1.54) is 6.08 Å². The van der Waals surface area contributed by atoms with E-state index in [9.17, 15) is 9.59 Å². The van der Waals surface area contributed by atoms with Gasteiger partial charge in [-0.05, 0) is 29.8 Å². The minimum Gasteiger partial charge on any atom is -0.351 e. The van der Waals surface area contributed by atoms with Crippen LogP contribution in [0.5, 0.6) is 0 Å². The number of amides is 2. The Morgan fingerprint density at radius 1 is 1.05 bits per heavy atom. The molecule has 112 valence electrons. The molecule has 2 heterocycles. The number of rotatable bonds is 6. The van der Waals surface area contributed by atoms with Gasteiger partial charge in [0.15, 0.2) is 0 Å². The molecule has 22 heavy (non-hydrogen) atoms. The van der Waals surface area contributed by atoms with E-state index >= 15 is 0 Å². The van der Waals surface area contributed by atoms with Gasteiger partial charge < -0.3 is 10.6 Å². The lowest BCUT2D eigenvalue weighted by Crippen LogP contribution is -2.34. The Balaban J connectivity index is 1.67. The van der Waals surface area contributed by atoms with Crippen molar-refractivity contribution in [2.24, 2.45) is 0 Å². The predicted octanol–water partition coefficient (Wildman–Crippen LogP) is 1.04. The number of nitrogens with one attached hydrogen (secondary N) is 2. The highest BCUT2D eigenvalue weighted by Gasteiger charge is 2.04. The van der Waals surface area contributed by atoms with Crippen molar-refractivity contribution >= 4 is 17.9 Å². The second-order valence-electron chi connectivity index (χ2n) is 4.38. The molecule has 2 aromatic heterocycles. The highest BCUT2D eigenvalue weighted by Crippen LogP contribution is 1.97. The summed E-state index contributed by atoms with van der Waals surface area (Å²) in [6.07, 6.45) is 7.99. The maximum Gasteiger partial charge on any atom is 0.269 e. The predicted molar refractivity (Wildman–Crippen MR) is 82.9 cm³/mol. The van der Waals surface area contributed by atoms with Gasteiger partial charge in [0.25, 0.3) is 5.91 Å². The number of aromatic nitrogens is 2. The maximum absolute atomic E-state index is 11.7. The highest BCUT2D eigenvalue weighted by atomic mass is 16.2. The zero-order chi connectivity index (χ0) is 15.6. The van der Waals surface area contributed by atoms with E-state index in [-0.39, 0.29) is 11.8 Å². The van der Waals surface area contributed by atoms with Gasteiger partial charge in [-0.1, -0.05) is 12.1 Å². The summed E-state index contributed by atoms with van der Waals surface area (Å²) in [7, 11) is 0. The lowest BCUT2D eigenvalue weighted by molar-refractivity contribution is -0.116. The third kappa shape index (κ3) is 5.16. The largest absolute Gasteiger partial charge is 0.351 e. The molecule has 0 bridgehead atoms. The maximum atomic E-state index is 11.7. The Kier molecular flexibility index (Phi) is 5.80. The number of hydrogen-bond donors (Lipinski definition) is 2. The highest BCUT2D eigenvalue weighted by molar-refractivity contribution is 5.92.